The summed E-state index contributed by atoms with van der Waals surface area (Å²) in [5, 5.41) is 9.00. The van der Waals surface area contributed by atoms with Crippen LogP contribution in [-0.4, -0.2) is 40.0 Å². The summed E-state index contributed by atoms with van der Waals surface area (Å²) in [6.45, 7) is 6.89. The number of amides is 2. The average Bonchev–Trinajstić information content (AvgIpc) is 3.55. The molecule has 0 bridgehead atoms. The highest BCUT2D eigenvalue weighted by atomic mass is 35.5. The second kappa shape index (κ2) is 10.2. The van der Waals surface area contributed by atoms with Crippen LogP contribution >= 0.6 is 23.2 Å². The van der Waals surface area contributed by atoms with E-state index in [0.29, 0.717) is 36.3 Å². The molecule has 4 unspecified atom stereocenters. The predicted molar refractivity (Wildman–Crippen MR) is 146 cm³/mol. The monoisotopic (exact) mass is 575 g/mol. The van der Waals surface area contributed by atoms with Crippen molar-refractivity contribution in [3.63, 3.8) is 0 Å². The molecule has 5 rings (SSSR count). The molecule has 0 saturated carbocycles. The molecule has 3 heterocycles. The Bertz CT molecular complexity index is 1430. The smallest absolute Gasteiger partial charge is 0.237 e. The maximum atomic E-state index is 15.0. The highest BCUT2D eigenvalue weighted by molar-refractivity contribution is 6.31. The number of nitrogens with zero attached hydrogens (tertiary/aromatic N) is 2. The van der Waals surface area contributed by atoms with Gasteiger partial charge >= 0.3 is 0 Å². The number of anilines is 1. The molecule has 3 N–H and O–H groups in total. The first-order chi connectivity index (χ1) is 18.4. The van der Waals surface area contributed by atoms with Crippen molar-refractivity contribution in [2.75, 3.05) is 11.9 Å². The van der Waals surface area contributed by atoms with Crippen molar-refractivity contribution in [3.05, 3.63) is 81.9 Å². The molecule has 1 saturated heterocycles. The molecule has 1 fully saturated rings. The number of nitrogens with one attached hydrogen (secondary N) is 3. The van der Waals surface area contributed by atoms with E-state index in [1.54, 1.807) is 18.7 Å². The third-order valence-corrected chi connectivity index (χ3v) is 8.09. The highest BCUT2D eigenvalue weighted by Gasteiger charge is 2.65. The molecule has 2 aliphatic rings. The third-order valence-electron chi connectivity index (χ3n) is 7.51. The molecule has 206 valence electrons. The van der Waals surface area contributed by atoms with Gasteiger partial charge in [-0.25, -0.2) is 13.8 Å². The Morgan fingerprint density at radius 3 is 2.56 bits per heavy atom. The third kappa shape index (κ3) is 4.92. The van der Waals surface area contributed by atoms with E-state index in [9.17, 15) is 18.4 Å². The molecule has 7 nitrogen and oxygen atoms in total. The summed E-state index contributed by atoms with van der Waals surface area (Å²) in [6.07, 6.45) is 5.57. The minimum Gasteiger partial charge on any atom is -0.353 e. The molecule has 1 aromatic heterocycles. The zero-order valence-corrected chi connectivity index (χ0v) is 23.2. The van der Waals surface area contributed by atoms with E-state index < -0.39 is 35.1 Å². The van der Waals surface area contributed by atoms with Crippen LogP contribution < -0.4 is 16.0 Å². The molecule has 2 aliphatic heterocycles. The van der Waals surface area contributed by atoms with Crippen molar-refractivity contribution >= 4 is 40.7 Å². The van der Waals surface area contributed by atoms with Gasteiger partial charge in [-0.05, 0) is 47.2 Å². The molecule has 2 amide bonds. The van der Waals surface area contributed by atoms with Crippen molar-refractivity contribution in [1.82, 2.24) is 20.2 Å². The highest BCUT2D eigenvalue weighted by Crippen LogP contribution is 2.57. The van der Waals surface area contributed by atoms with Gasteiger partial charge in [0.25, 0.3) is 0 Å². The second-order valence-electron chi connectivity index (χ2n) is 11.3. The van der Waals surface area contributed by atoms with E-state index in [2.05, 4.69) is 20.9 Å². The first-order valence-corrected chi connectivity index (χ1v) is 13.4. The average molecular weight is 576 g/mol. The van der Waals surface area contributed by atoms with Crippen molar-refractivity contribution in [2.24, 2.45) is 5.41 Å². The van der Waals surface area contributed by atoms with E-state index >= 15 is 0 Å². The van der Waals surface area contributed by atoms with E-state index in [0.717, 1.165) is 0 Å². The van der Waals surface area contributed by atoms with Gasteiger partial charge in [0.05, 0.1) is 22.4 Å². The van der Waals surface area contributed by atoms with Gasteiger partial charge in [0.15, 0.2) is 0 Å². The summed E-state index contributed by atoms with van der Waals surface area (Å²) in [6, 6.07) is 5.36. The van der Waals surface area contributed by atoms with E-state index in [1.165, 1.54) is 30.3 Å². The summed E-state index contributed by atoms with van der Waals surface area (Å²) in [7, 11) is 0. The van der Waals surface area contributed by atoms with Crippen LogP contribution in [0.15, 0.2) is 49.1 Å². The van der Waals surface area contributed by atoms with Gasteiger partial charge in [0, 0.05) is 43.1 Å². The SMILES string of the molecule is CC(C)(C)CC1NC(C(=O)NCCn2ccnc2)C(c2ccc(F)c(Cl)c2)C12C(=O)Nc1cc(Cl)c(F)cc12. The summed E-state index contributed by atoms with van der Waals surface area (Å²) in [5.41, 5.74) is -0.405. The number of benzene rings is 2. The summed E-state index contributed by atoms with van der Waals surface area (Å²) < 4.78 is 31.0. The van der Waals surface area contributed by atoms with Gasteiger partial charge in [-0.3, -0.25) is 9.59 Å². The van der Waals surface area contributed by atoms with Crippen LogP contribution in [0.3, 0.4) is 0 Å². The van der Waals surface area contributed by atoms with Crippen LogP contribution in [-0.2, 0) is 21.5 Å². The molecule has 0 aliphatic carbocycles. The molecule has 2 aromatic carbocycles. The standard InChI is InChI=1S/C28H29Cl2F2N5O2/c1-27(2,3)13-22-28(16-11-20(32)18(30)12-21(16)35-26(28)39)23(15-4-5-19(31)17(29)10-15)24(36-22)25(38)34-7-9-37-8-6-33-14-37/h4-6,8,10-12,14,22-24,36H,7,9,13H2,1-3H3,(H,34,38)(H,35,39). The van der Waals surface area contributed by atoms with Crippen molar-refractivity contribution in [1.29, 1.82) is 0 Å². The predicted octanol–water partition coefficient (Wildman–Crippen LogP) is 5.03. The molecule has 39 heavy (non-hydrogen) atoms. The fourth-order valence-corrected chi connectivity index (χ4v) is 6.33. The van der Waals surface area contributed by atoms with Crippen LogP contribution in [0.5, 0.6) is 0 Å². The Morgan fingerprint density at radius 2 is 1.90 bits per heavy atom. The maximum Gasteiger partial charge on any atom is 0.237 e. The zero-order valence-electron chi connectivity index (χ0n) is 21.7. The quantitative estimate of drug-likeness (QED) is 0.384. The van der Waals surface area contributed by atoms with Gasteiger partial charge in [-0.15, -0.1) is 0 Å². The molecule has 0 radical (unpaired) electrons. The van der Waals surface area contributed by atoms with Gasteiger partial charge in [0.1, 0.15) is 17.0 Å². The number of rotatable bonds is 6. The molecule has 3 aromatic rings. The summed E-state index contributed by atoms with van der Waals surface area (Å²) >= 11 is 12.3. The van der Waals surface area contributed by atoms with Crippen LogP contribution in [0.1, 0.15) is 44.2 Å². The fraction of sp³-hybridized carbons (Fsp3) is 0.393. The number of fused-ring (bicyclic) bond motifs is 2. The normalized spacial score (nSPS) is 24.2. The van der Waals surface area contributed by atoms with Crippen LogP contribution in [0.25, 0.3) is 0 Å². The number of hydrogen-bond donors (Lipinski definition) is 3. The Balaban J connectivity index is 1.65. The molecule has 4 atom stereocenters. The van der Waals surface area contributed by atoms with E-state index in [1.807, 2.05) is 25.3 Å². The Morgan fingerprint density at radius 1 is 1.15 bits per heavy atom. The number of hydrogen-bond acceptors (Lipinski definition) is 4. The lowest BCUT2D eigenvalue weighted by Gasteiger charge is -2.37. The lowest BCUT2D eigenvalue weighted by Crippen LogP contribution is -2.49. The topological polar surface area (TPSA) is 88.1 Å². The number of imidazole rings is 1. The van der Waals surface area contributed by atoms with E-state index in [-0.39, 0.29) is 27.3 Å². The van der Waals surface area contributed by atoms with Gasteiger partial charge in [-0.1, -0.05) is 50.0 Å². The Kier molecular flexibility index (Phi) is 7.20. The number of halogens is 4. The summed E-state index contributed by atoms with van der Waals surface area (Å²) in [5.74, 6) is -2.86. The maximum absolute atomic E-state index is 15.0. The van der Waals surface area contributed by atoms with Crippen molar-refractivity contribution in [2.45, 2.75) is 57.2 Å². The lowest BCUT2D eigenvalue weighted by molar-refractivity contribution is -0.123. The van der Waals surface area contributed by atoms with E-state index in [4.69, 9.17) is 23.2 Å². The van der Waals surface area contributed by atoms with Gasteiger partial charge in [0.2, 0.25) is 11.8 Å². The number of carbonyl (C=O) groups is 2. The molecule has 1 spiro atoms. The van der Waals surface area contributed by atoms with Crippen LogP contribution in [0, 0.1) is 17.0 Å². The van der Waals surface area contributed by atoms with Gasteiger partial charge < -0.3 is 20.5 Å². The first kappa shape index (κ1) is 27.6. The lowest BCUT2D eigenvalue weighted by atomic mass is 9.62. The molecular formula is C28H29Cl2F2N5O2. The first-order valence-electron chi connectivity index (χ1n) is 12.7. The minimum absolute atomic E-state index is 0.125. The fourth-order valence-electron chi connectivity index (χ4n) is 5.98. The van der Waals surface area contributed by atoms with Crippen molar-refractivity contribution < 1.29 is 18.4 Å². The van der Waals surface area contributed by atoms with Crippen LogP contribution in [0.2, 0.25) is 10.0 Å². The minimum atomic E-state index is -1.40. The zero-order chi connectivity index (χ0) is 28.1. The number of carbonyl (C=O) groups excluding carboxylic acids is 2. The van der Waals surface area contributed by atoms with Gasteiger partial charge in [-0.2, -0.15) is 0 Å². The Hall–Kier alpha value is -3.01. The molecular weight excluding hydrogens is 547 g/mol. The van der Waals surface area contributed by atoms with Crippen LogP contribution in [0.4, 0.5) is 14.5 Å². The number of aromatic nitrogens is 2. The largest absolute Gasteiger partial charge is 0.353 e. The summed E-state index contributed by atoms with van der Waals surface area (Å²) in [4.78, 5) is 31.9. The molecule has 11 heteroatoms. The van der Waals surface area contributed by atoms with Crippen molar-refractivity contribution in [3.8, 4) is 0 Å². The second-order valence-corrected chi connectivity index (χ2v) is 12.2. The Labute approximate surface area is 235 Å².